The first-order valence-electron chi connectivity index (χ1n) is 7.74. The second-order valence-corrected chi connectivity index (χ2v) is 10.3. The molecule has 2 aliphatic rings. The molecule has 128 valence electrons. The van der Waals surface area contributed by atoms with Crippen LogP contribution in [-0.4, -0.2) is 41.2 Å². The Labute approximate surface area is 137 Å². The number of hydrogen-bond donors (Lipinski definition) is 2. The van der Waals surface area contributed by atoms with Crippen LogP contribution < -0.4 is 10.0 Å². The Morgan fingerprint density at radius 3 is 2.26 bits per heavy atom. The fourth-order valence-electron chi connectivity index (χ4n) is 3.54. The van der Waals surface area contributed by atoms with E-state index in [0.29, 0.717) is 17.6 Å². The molecule has 1 aromatic carbocycles. The number of nitrogens with one attached hydrogen (secondary N) is 2. The molecule has 0 radical (unpaired) electrons. The minimum atomic E-state index is -3.73. The summed E-state index contributed by atoms with van der Waals surface area (Å²) in [5.74, 6) is 0. The van der Waals surface area contributed by atoms with Gasteiger partial charge in [-0.2, -0.15) is 0 Å². The molecule has 1 aromatic rings. The minimum absolute atomic E-state index is 0.0221. The van der Waals surface area contributed by atoms with Gasteiger partial charge in [-0.1, -0.05) is 6.07 Å². The van der Waals surface area contributed by atoms with Crippen LogP contribution in [0.1, 0.15) is 31.2 Å². The maximum absolute atomic E-state index is 12.7. The topological polar surface area (TPSA) is 92.3 Å². The van der Waals surface area contributed by atoms with E-state index in [1.807, 2.05) is 0 Å². The summed E-state index contributed by atoms with van der Waals surface area (Å²) >= 11 is 0. The highest BCUT2D eigenvalue weighted by atomic mass is 32.2. The number of hydrogen-bond acceptors (Lipinski definition) is 5. The molecule has 2 atom stereocenters. The Bertz CT molecular complexity index is 806. The molecule has 0 saturated carbocycles. The van der Waals surface area contributed by atoms with E-state index in [4.69, 9.17) is 0 Å². The van der Waals surface area contributed by atoms with Crippen LogP contribution in [0.2, 0.25) is 0 Å². The Hall–Kier alpha value is -0.960. The zero-order valence-corrected chi connectivity index (χ0v) is 14.9. The van der Waals surface area contributed by atoms with E-state index < -0.39 is 19.9 Å². The molecule has 0 aliphatic carbocycles. The number of sulfone groups is 1. The average Bonchev–Trinajstić information content (AvgIpc) is 2.76. The Morgan fingerprint density at radius 2 is 1.70 bits per heavy atom. The van der Waals surface area contributed by atoms with Crippen LogP contribution in [0.4, 0.5) is 0 Å². The highest BCUT2D eigenvalue weighted by Crippen LogP contribution is 2.28. The largest absolute Gasteiger partial charge is 0.311 e. The van der Waals surface area contributed by atoms with Gasteiger partial charge in [-0.25, -0.2) is 21.6 Å². The maximum Gasteiger partial charge on any atom is 0.241 e. The van der Waals surface area contributed by atoms with Crippen LogP contribution in [-0.2, 0) is 19.9 Å². The first-order valence-corrected chi connectivity index (χ1v) is 11.1. The normalized spacial score (nSPS) is 28.0. The van der Waals surface area contributed by atoms with E-state index in [1.54, 1.807) is 6.92 Å². The lowest BCUT2D eigenvalue weighted by Gasteiger charge is -2.29. The Morgan fingerprint density at radius 1 is 1.09 bits per heavy atom. The van der Waals surface area contributed by atoms with Crippen LogP contribution in [0.5, 0.6) is 0 Å². The summed E-state index contributed by atoms with van der Waals surface area (Å²) in [6.07, 6.45) is 4.81. The molecule has 2 bridgehead atoms. The lowest BCUT2D eigenvalue weighted by atomic mass is 10.0. The molecule has 2 aliphatic heterocycles. The van der Waals surface area contributed by atoms with Gasteiger partial charge >= 0.3 is 0 Å². The molecule has 0 amide bonds. The quantitative estimate of drug-likeness (QED) is 0.836. The van der Waals surface area contributed by atoms with Gasteiger partial charge in [-0.3, -0.25) is 0 Å². The highest BCUT2D eigenvalue weighted by Gasteiger charge is 2.35. The van der Waals surface area contributed by atoms with E-state index in [1.165, 1.54) is 18.2 Å². The maximum atomic E-state index is 12.7. The van der Waals surface area contributed by atoms with Crippen molar-refractivity contribution >= 4 is 19.9 Å². The summed E-state index contributed by atoms with van der Waals surface area (Å²) in [5, 5.41) is 3.47. The van der Waals surface area contributed by atoms with Gasteiger partial charge in [0.25, 0.3) is 0 Å². The van der Waals surface area contributed by atoms with E-state index in [9.17, 15) is 16.8 Å². The van der Waals surface area contributed by atoms with E-state index in [0.717, 1.165) is 31.9 Å². The lowest BCUT2D eigenvalue weighted by Crippen LogP contribution is -2.48. The number of fused-ring (bicyclic) bond motifs is 2. The molecule has 2 unspecified atom stereocenters. The van der Waals surface area contributed by atoms with Crippen LogP contribution in [0.25, 0.3) is 0 Å². The third-order valence-corrected chi connectivity index (χ3v) is 7.44. The SMILES string of the molecule is Cc1ccc(S(C)(=O)=O)cc1S(=O)(=O)NC1CC2CCC(C1)N2. The van der Waals surface area contributed by atoms with Gasteiger partial charge in [0.2, 0.25) is 10.0 Å². The van der Waals surface area contributed by atoms with Crippen LogP contribution >= 0.6 is 0 Å². The second-order valence-electron chi connectivity index (χ2n) is 6.63. The third-order valence-electron chi connectivity index (χ3n) is 4.67. The molecule has 3 rings (SSSR count). The predicted molar refractivity (Wildman–Crippen MR) is 87.6 cm³/mol. The first kappa shape index (κ1) is 16.9. The van der Waals surface area contributed by atoms with Crippen molar-refractivity contribution in [3.63, 3.8) is 0 Å². The van der Waals surface area contributed by atoms with Crippen molar-refractivity contribution in [2.24, 2.45) is 0 Å². The Kier molecular flexibility index (Phi) is 4.29. The van der Waals surface area contributed by atoms with Gasteiger partial charge in [0.05, 0.1) is 9.79 Å². The van der Waals surface area contributed by atoms with Crippen molar-refractivity contribution in [2.45, 2.75) is 60.5 Å². The van der Waals surface area contributed by atoms with Crippen molar-refractivity contribution in [2.75, 3.05) is 6.26 Å². The van der Waals surface area contributed by atoms with Gasteiger partial charge in [0.1, 0.15) is 0 Å². The lowest BCUT2D eigenvalue weighted by molar-refractivity contribution is 0.345. The van der Waals surface area contributed by atoms with Gasteiger partial charge in [-0.05, 0) is 50.3 Å². The minimum Gasteiger partial charge on any atom is -0.311 e. The zero-order valence-electron chi connectivity index (χ0n) is 13.2. The highest BCUT2D eigenvalue weighted by molar-refractivity contribution is 7.91. The summed E-state index contributed by atoms with van der Waals surface area (Å²) < 4.78 is 51.6. The second kappa shape index (κ2) is 5.84. The molecular weight excluding hydrogens is 336 g/mol. The number of sulfonamides is 1. The molecule has 8 heteroatoms. The third kappa shape index (κ3) is 3.60. The summed E-state index contributed by atoms with van der Waals surface area (Å²) in [6.45, 7) is 1.67. The van der Waals surface area contributed by atoms with Gasteiger partial charge < -0.3 is 5.32 Å². The van der Waals surface area contributed by atoms with Crippen molar-refractivity contribution < 1.29 is 16.8 Å². The molecule has 0 aromatic heterocycles. The first-order chi connectivity index (χ1) is 10.6. The molecule has 2 saturated heterocycles. The molecule has 0 spiro atoms. The number of aryl methyl sites for hydroxylation is 1. The Balaban J connectivity index is 1.87. The number of piperidine rings is 1. The van der Waals surface area contributed by atoms with Crippen molar-refractivity contribution in [1.82, 2.24) is 10.0 Å². The van der Waals surface area contributed by atoms with Crippen molar-refractivity contribution in [1.29, 1.82) is 0 Å². The molecule has 2 fully saturated rings. The summed E-state index contributed by atoms with van der Waals surface area (Å²) in [4.78, 5) is 0.0696. The molecule has 2 N–H and O–H groups in total. The van der Waals surface area contributed by atoms with Gasteiger partial charge in [0.15, 0.2) is 9.84 Å². The van der Waals surface area contributed by atoms with Gasteiger partial charge in [-0.15, -0.1) is 0 Å². The standard InChI is InChI=1S/C15H22N2O4S2/c1-10-3-6-14(22(2,18)19)9-15(10)23(20,21)17-13-7-11-4-5-12(8-13)16-11/h3,6,9,11-13,16-17H,4-5,7-8H2,1-2H3. The van der Waals surface area contributed by atoms with Crippen LogP contribution in [0, 0.1) is 6.92 Å². The fourth-order valence-corrected chi connectivity index (χ4v) is 5.79. The predicted octanol–water partition coefficient (Wildman–Crippen LogP) is 0.960. The van der Waals surface area contributed by atoms with Gasteiger partial charge in [0, 0.05) is 24.4 Å². The smallest absolute Gasteiger partial charge is 0.241 e. The van der Waals surface area contributed by atoms with E-state index in [2.05, 4.69) is 10.0 Å². The van der Waals surface area contributed by atoms with Crippen LogP contribution in [0.15, 0.2) is 28.0 Å². The average molecular weight is 358 g/mol. The number of rotatable bonds is 4. The van der Waals surface area contributed by atoms with E-state index in [-0.39, 0.29) is 15.8 Å². The van der Waals surface area contributed by atoms with E-state index >= 15 is 0 Å². The van der Waals surface area contributed by atoms with Crippen molar-refractivity contribution in [3.8, 4) is 0 Å². The molecule has 6 nitrogen and oxygen atoms in total. The summed E-state index contributed by atoms with van der Waals surface area (Å²) in [6, 6.07) is 4.89. The molecular formula is C15H22N2O4S2. The number of benzene rings is 1. The summed E-state index contributed by atoms with van der Waals surface area (Å²) in [7, 11) is -7.18. The molecule has 2 heterocycles. The molecule has 23 heavy (non-hydrogen) atoms. The summed E-state index contributed by atoms with van der Waals surface area (Å²) in [5.41, 5.74) is 0.543. The van der Waals surface area contributed by atoms with Crippen LogP contribution in [0.3, 0.4) is 0 Å². The van der Waals surface area contributed by atoms with Crippen molar-refractivity contribution in [3.05, 3.63) is 23.8 Å². The zero-order chi connectivity index (χ0) is 16.8. The fraction of sp³-hybridized carbons (Fsp3) is 0.600. The monoisotopic (exact) mass is 358 g/mol.